The van der Waals surface area contributed by atoms with Crippen molar-refractivity contribution in [2.24, 2.45) is 0 Å². The fourth-order valence-corrected chi connectivity index (χ4v) is 2.41. The first-order chi connectivity index (χ1) is 10.6. The van der Waals surface area contributed by atoms with Crippen LogP contribution in [-0.4, -0.2) is 30.5 Å². The van der Waals surface area contributed by atoms with Crippen LogP contribution in [-0.2, 0) is 9.53 Å². The molecule has 5 nitrogen and oxygen atoms in total. The standard InChI is InChI=1S/C16H16ClNO4/c1-3-22-14(20)8-7-12(19)11-9-18-16-10(15(11)17)5-4-6-13(16)21-2/h4-6,9H,3,7-8H2,1-2H3. The molecule has 0 saturated heterocycles. The third kappa shape index (κ3) is 3.36. The van der Waals surface area contributed by atoms with Crippen LogP contribution in [0.25, 0.3) is 10.9 Å². The number of methoxy groups -OCH3 is 1. The second kappa shape index (κ2) is 7.22. The second-order valence-electron chi connectivity index (χ2n) is 4.57. The highest BCUT2D eigenvalue weighted by atomic mass is 35.5. The Bertz CT molecular complexity index is 715. The Balaban J connectivity index is 2.27. The first kappa shape index (κ1) is 16.2. The van der Waals surface area contributed by atoms with Crippen LogP contribution in [0.1, 0.15) is 30.1 Å². The number of halogens is 1. The molecular formula is C16H16ClNO4. The zero-order valence-electron chi connectivity index (χ0n) is 12.4. The van der Waals surface area contributed by atoms with E-state index in [9.17, 15) is 9.59 Å². The number of carbonyl (C=O) groups excluding carboxylic acids is 2. The number of para-hydroxylation sites is 1. The molecule has 22 heavy (non-hydrogen) atoms. The largest absolute Gasteiger partial charge is 0.494 e. The Kier molecular flexibility index (Phi) is 5.33. The Morgan fingerprint density at radius 1 is 1.27 bits per heavy atom. The molecule has 0 aliphatic carbocycles. The highest BCUT2D eigenvalue weighted by molar-refractivity contribution is 6.38. The Labute approximate surface area is 133 Å². The molecule has 1 heterocycles. The van der Waals surface area contributed by atoms with Crippen molar-refractivity contribution >= 4 is 34.3 Å². The van der Waals surface area contributed by atoms with Crippen molar-refractivity contribution in [1.82, 2.24) is 4.98 Å². The summed E-state index contributed by atoms with van der Waals surface area (Å²) >= 11 is 6.31. The quantitative estimate of drug-likeness (QED) is 0.602. The van der Waals surface area contributed by atoms with Gasteiger partial charge in [0.05, 0.1) is 30.7 Å². The van der Waals surface area contributed by atoms with E-state index < -0.39 is 5.97 Å². The first-order valence-electron chi connectivity index (χ1n) is 6.88. The molecule has 0 aliphatic heterocycles. The van der Waals surface area contributed by atoms with Gasteiger partial charge < -0.3 is 9.47 Å². The summed E-state index contributed by atoms with van der Waals surface area (Å²) in [7, 11) is 1.54. The smallest absolute Gasteiger partial charge is 0.306 e. The molecule has 116 valence electrons. The number of aromatic nitrogens is 1. The predicted molar refractivity (Wildman–Crippen MR) is 83.5 cm³/mol. The van der Waals surface area contributed by atoms with Crippen molar-refractivity contribution < 1.29 is 19.1 Å². The normalized spacial score (nSPS) is 10.5. The number of pyridine rings is 1. The molecule has 0 N–H and O–H groups in total. The van der Waals surface area contributed by atoms with Gasteiger partial charge in [-0.1, -0.05) is 23.7 Å². The Morgan fingerprint density at radius 3 is 2.73 bits per heavy atom. The number of ether oxygens (including phenoxy) is 2. The van der Waals surface area contributed by atoms with Gasteiger partial charge in [0.1, 0.15) is 11.3 Å². The molecule has 6 heteroatoms. The summed E-state index contributed by atoms with van der Waals surface area (Å²) in [5.74, 6) is -0.0532. The van der Waals surface area contributed by atoms with Gasteiger partial charge in [0.15, 0.2) is 5.78 Å². The Hall–Kier alpha value is -2.14. The molecule has 1 aromatic carbocycles. The molecule has 0 amide bonds. The molecule has 0 radical (unpaired) electrons. The van der Waals surface area contributed by atoms with Crippen molar-refractivity contribution in [3.63, 3.8) is 0 Å². The van der Waals surface area contributed by atoms with Crippen LogP contribution in [0.15, 0.2) is 24.4 Å². The van der Waals surface area contributed by atoms with E-state index in [0.717, 1.165) is 0 Å². The molecule has 0 unspecified atom stereocenters. The highest BCUT2D eigenvalue weighted by Crippen LogP contribution is 2.31. The SMILES string of the molecule is CCOC(=O)CCC(=O)c1cnc2c(OC)cccc2c1Cl. The fourth-order valence-electron chi connectivity index (χ4n) is 2.11. The number of ketones is 1. The van der Waals surface area contributed by atoms with Gasteiger partial charge in [0.25, 0.3) is 0 Å². The van der Waals surface area contributed by atoms with Crippen LogP contribution in [0.4, 0.5) is 0 Å². The van der Waals surface area contributed by atoms with Crippen LogP contribution in [0.5, 0.6) is 5.75 Å². The van der Waals surface area contributed by atoms with Crippen LogP contribution in [0, 0.1) is 0 Å². The van der Waals surface area contributed by atoms with Gasteiger partial charge in [-0.25, -0.2) is 0 Å². The van der Waals surface area contributed by atoms with E-state index >= 15 is 0 Å². The van der Waals surface area contributed by atoms with Gasteiger partial charge in [0, 0.05) is 18.0 Å². The van der Waals surface area contributed by atoms with Crippen molar-refractivity contribution in [3.8, 4) is 5.75 Å². The number of nitrogens with zero attached hydrogens (tertiary/aromatic N) is 1. The number of Topliss-reactive ketones (excluding diaryl/α,β-unsaturated/α-hetero) is 1. The number of esters is 1. The van der Waals surface area contributed by atoms with Gasteiger partial charge in [-0.2, -0.15) is 0 Å². The molecule has 0 atom stereocenters. The van der Waals surface area contributed by atoms with Gasteiger partial charge in [-0.3, -0.25) is 14.6 Å². The van der Waals surface area contributed by atoms with Gasteiger partial charge in [-0.15, -0.1) is 0 Å². The molecule has 1 aromatic heterocycles. The number of fused-ring (bicyclic) bond motifs is 1. The molecule has 0 saturated carbocycles. The minimum absolute atomic E-state index is 0.0269. The molecule has 0 bridgehead atoms. The van der Waals surface area contributed by atoms with Gasteiger partial charge in [-0.05, 0) is 13.0 Å². The van der Waals surface area contributed by atoms with E-state index in [4.69, 9.17) is 21.1 Å². The van der Waals surface area contributed by atoms with Crippen LogP contribution < -0.4 is 4.74 Å². The van der Waals surface area contributed by atoms with E-state index in [0.29, 0.717) is 33.8 Å². The number of hydrogen-bond acceptors (Lipinski definition) is 5. The second-order valence-corrected chi connectivity index (χ2v) is 4.95. The zero-order valence-corrected chi connectivity index (χ0v) is 13.1. The van der Waals surface area contributed by atoms with Crippen molar-refractivity contribution in [2.45, 2.75) is 19.8 Å². The summed E-state index contributed by atoms with van der Waals surface area (Å²) in [6, 6.07) is 5.32. The highest BCUT2D eigenvalue weighted by Gasteiger charge is 2.17. The predicted octanol–water partition coefficient (Wildman–Crippen LogP) is 3.42. The number of benzene rings is 1. The number of rotatable bonds is 6. The minimum atomic E-state index is -0.401. The summed E-state index contributed by atoms with van der Waals surface area (Å²) < 4.78 is 10.0. The summed E-state index contributed by atoms with van der Waals surface area (Å²) in [5.41, 5.74) is 0.892. The maximum absolute atomic E-state index is 12.2. The molecule has 0 spiro atoms. The van der Waals surface area contributed by atoms with E-state index in [1.165, 1.54) is 6.20 Å². The summed E-state index contributed by atoms with van der Waals surface area (Å²) in [5, 5.41) is 0.959. The summed E-state index contributed by atoms with van der Waals surface area (Å²) in [6.45, 7) is 2.02. The lowest BCUT2D eigenvalue weighted by atomic mass is 10.1. The average molecular weight is 322 g/mol. The van der Waals surface area contributed by atoms with Crippen molar-refractivity contribution in [2.75, 3.05) is 13.7 Å². The third-order valence-electron chi connectivity index (χ3n) is 3.18. The number of carbonyl (C=O) groups is 2. The van der Waals surface area contributed by atoms with Crippen LogP contribution >= 0.6 is 11.6 Å². The van der Waals surface area contributed by atoms with E-state index in [1.807, 2.05) is 0 Å². The molecule has 0 fully saturated rings. The van der Waals surface area contributed by atoms with E-state index in [2.05, 4.69) is 4.98 Å². The summed E-state index contributed by atoms with van der Waals surface area (Å²) in [4.78, 5) is 27.8. The van der Waals surface area contributed by atoms with Crippen molar-refractivity contribution in [3.05, 3.63) is 35.0 Å². The first-order valence-corrected chi connectivity index (χ1v) is 7.26. The molecule has 2 aromatic rings. The van der Waals surface area contributed by atoms with E-state index in [1.54, 1.807) is 32.2 Å². The van der Waals surface area contributed by atoms with Gasteiger partial charge in [0.2, 0.25) is 0 Å². The van der Waals surface area contributed by atoms with Gasteiger partial charge >= 0.3 is 5.97 Å². The van der Waals surface area contributed by atoms with Crippen LogP contribution in [0.3, 0.4) is 0 Å². The lowest BCUT2D eigenvalue weighted by molar-refractivity contribution is -0.143. The monoisotopic (exact) mass is 321 g/mol. The van der Waals surface area contributed by atoms with Crippen LogP contribution in [0.2, 0.25) is 5.02 Å². The molecule has 0 aliphatic rings. The zero-order chi connectivity index (χ0) is 16.1. The average Bonchev–Trinajstić information content (AvgIpc) is 2.53. The van der Waals surface area contributed by atoms with Crippen molar-refractivity contribution in [1.29, 1.82) is 0 Å². The lowest BCUT2D eigenvalue weighted by Crippen LogP contribution is -2.08. The Morgan fingerprint density at radius 2 is 2.05 bits per heavy atom. The maximum Gasteiger partial charge on any atom is 0.306 e. The molecular weight excluding hydrogens is 306 g/mol. The third-order valence-corrected chi connectivity index (χ3v) is 3.58. The molecule has 2 rings (SSSR count). The summed E-state index contributed by atoms with van der Waals surface area (Å²) in [6.07, 6.45) is 1.48. The topological polar surface area (TPSA) is 65.5 Å². The maximum atomic E-state index is 12.2. The minimum Gasteiger partial charge on any atom is -0.494 e. The van der Waals surface area contributed by atoms with E-state index in [-0.39, 0.29) is 18.6 Å². The fraction of sp³-hybridized carbons (Fsp3) is 0.312. The number of hydrogen-bond donors (Lipinski definition) is 0. The lowest BCUT2D eigenvalue weighted by Gasteiger charge is -2.09.